The molecule has 0 saturated carbocycles. The molecule has 0 spiro atoms. The maximum absolute atomic E-state index is 11.6. The highest BCUT2D eigenvalue weighted by Gasteiger charge is 2.11. The lowest BCUT2D eigenvalue weighted by Crippen LogP contribution is -2.13. The standard InChI is InChI=1S/C14H18O5S/c1-3-4-11-20(16,17)19-13-8-5-12(6-9-13)7-10-14(15)18-2/h5-10H,3-4,11H2,1-2H3. The average Bonchev–Trinajstić information content (AvgIpc) is 2.43. The van der Waals surface area contributed by atoms with Crippen LogP contribution < -0.4 is 4.18 Å². The Morgan fingerprint density at radius 1 is 1.25 bits per heavy atom. The van der Waals surface area contributed by atoms with Crippen molar-refractivity contribution >= 4 is 22.2 Å². The number of methoxy groups -OCH3 is 1. The molecule has 0 heterocycles. The third-order valence-corrected chi connectivity index (χ3v) is 3.70. The summed E-state index contributed by atoms with van der Waals surface area (Å²) in [5, 5.41) is 0. The Kier molecular flexibility index (Phi) is 6.24. The van der Waals surface area contributed by atoms with Gasteiger partial charge in [0.25, 0.3) is 0 Å². The first kappa shape index (κ1) is 16.2. The van der Waals surface area contributed by atoms with E-state index in [1.165, 1.54) is 13.2 Å². The molecule has 20 heavy (non-hydrogen) atoms. The first-order chi connectivity index (χ1) is 9.46. The maximum atomic E-state index is 11.6. The van der Waals surface area contributed by atoms with E-state index in [-0.39, 0.29) is 11.5 Å². The Hall–Kier alpha value is -1.82. The molecule has 0 radical (unpaired) electrons. The van der Waals surface area contributed by atoms with Gasteiger partial charge in [-0.15, -0.1) is 0 Å². The van der Waals surface area contributed by atoms with Crippen LogP contribution in [0.3, 0.4) is 0 Å². The van der Waals surface area contributed by atoms with E-state index < -0.39 is 16.1 Å². The van der Waals surface area contributed by atoms with Crippen molar-refractivity contribution in [2.75, 3.05) is 12.9 Å². The Morgan fingerprint density at radius 2 is 1.90 bits per heavy atom. The Bertz CT molecular complexity index is 558. The van der Waals surface area contributed by atoms with Gasteiger partial charge in [0.1, 0.15) is 5.75 Å². The molecule has 0 aliphatic heterocycles. The Labute approximate surface area is 119 Å². The molecule has 0 atom stereocenters. The first-order valence-corrected chi connectivity index (χ1v) is 7.83. The predicted octanol–water partition coefficient (Wildman–Crippen LogP) is 2.38. The van der Waals surface area contributed by atoms with Crippen LogP contribution in [0, 0.1) is 0 Å². The summed E-state index contributed by atoms with van der Waals surface area (Å²) < 4.78 is 32.6. The van der Waals surface area contributed by atoms with E-state index in [0.717, 1.165) is 12.0 Å². The minimum absolute atomic E-state index is 0.00744. The van der Waals surface area contributed by atoms with E-state index in [0.29, 0.717) is 6.42 Å². The van der Waals surface area contributed by atoms with Gasteiger partial charge in [0.05, 0.1) is 12.9 Å². The zero-order valence-corrected chi connectivity index (χ0v) is 12.4. The molecule has 110 valence electrons. The van der Waals surface area contributed by atoms with Gasteiger partial charge in [-0.2, -0.15) is 8.42 Å². The lowest BCUT2D eigenvalue weighted by Gasteiger charge is -2.06. The molecule has 6 heteroatoms. The summed E-state index contributed by atoms with van der Waals surface area (Å²) in [7, 11) is -2.24. The molecule has 0 saturated heterocycles. The second-order valence-corrected chi connectivity index (χ2v) is 5.81. The fourth-order valence-electron chi connectivity index (χ4n) is 1.38. The minimum Gasteiger partial charge on any atom is -0.466 e. The number of carbonyl (C=O) groups is 1. The molecular formula is C14H18O5S. The van der Waals surface area contributed by atoms with Crippen molar-refractivity contribution in [2.24, 2.45) is 0 Å². The van der Waals surface area contributed by atoms with Gasteiger partial charge in [0, 0.05) is 6.08 Å². The highest BCUT2D eigenvalue weighted by atomic mass is 32.2. The summed E-state index contributed by atoms with van der Waals surface area (Å²) in [4.78, 5) is 10.9. The fraction of sp³-hybridized carbons (Fsp3) is 0.357. The highest BCUT2D eigenvalue weighted by Crippen LogP contribution is 2.16. The topological polar surface area (TPSA) is 69.7 Å². The first-order valence-electron chi connectivity index (χ1n) is 6.25. The number of benzene rings is 1. The molecule has 0 amide bonds. The summed E-state index contributed by atoms with van der Waals surface area (Å²) in [5.74, 6) is -0.183. The van der Waals surface area contributed by atoms with E-state index in [9.17, 15) is 13.2 Å². The molecular weight excluding hydrogens is 280 g/mol. The maximum Gasteiger partial charge on any atom is 0.330 e. The van der Waals surface area contributed by atoms with Crippen LogP contribution in [0.1, 0.15) is 25.3 Å². The Balaban J connectivity index is 2.67. The van der Waals surface area contributed by atoms with Crippen LogP contribution >= 0.6 is 0 Å². The number of esters is 1. The van der Waals surface area contributed by atoms with Crippen molar-refractivity contribution in [3.63, 3.8) is 0 Å². The largest absolute Gasteiger partial charge is 0.466 e. The number of carbonyl (C=O) groups excluding carboxylic acids is 1. The molecule has 5 nitrogen and oxygen atoms in total. The SMILES string of the molecule is CCCCS(=O)(=O)Oc1ccc(C=CC(=O)OC)cc1. The average molecular weight is 298 g/mol. The second kappa shape index (κ2) is 7.69. The molecule has 0 aliphatic rings. The molecule has 0 bridgehead atoms. The van der Waals surface area contributed by atoms with Crippen LogP contribution in [0.5, 0.6) is 5.75 Å². The van der Waals surface area contributed by atoms with Gasteiger partial charge in [0.15, 0.2) is 0 Å². The number of hydrogen-bond donors (Lipinski definition) is 0. The number of unbranched alkanes of at least 4 members (excludes halogenated alkanes) is 1. The summed E-state index contributed by atoms with van der Waals surface area (Å²) >= 11 is 0. The van der Waals surface area contributed by atoms with Crippen LogP contribution in [-0.4, -0.2) is 27.2 Å². The van der Waals surface area contributed by atoms with E-state index in [4.69, 9.17) is 4.18 Å². The molecule has 0 fully saturated rings. The van der Waals surface area contributed by atoms with Gasteiger partial charge in [-0.3, -0.25) is 0 Å². The summed E-state index contributed by atoms with van der Waals surface area (Å²) in [5.41, 5.74) is 0.744. The lowest BCUT2D eigenvalue weighted by molar-refractivity contribution is -0.134. The molecule has 1 rings (SSSR count). The minimum atomic E-state index is -3.53. The van der Waals surface area contributed by atoms with Crippen molar-refractivity contribution in [1.29, 1.82) is 0 Å². The number of hydrogen-bond acceptors (Lipinski definition) is 5. The summed E-state index contributed by atoms with van der Waals surface area (Å²) in [6, 6.07) is 6.40. The second-order valence-electron chi connectivity index (χ2n) is 4.12. The monoisotopic (exact) mass is 298 g/mol. The normalized spacial score (nSPS) is 11.5. The third kappa shape index (κ3) is 5.88. The van der Waals surface area contributed by atoms with Crippen molar-refractivity contribution in [1.82, 2.24) is 0 Å². The van der Waals surface area contributed by atoms with Crippen LogP contribution in [0.25, 0.3) is 6.08 Å². The van der Waals surface area contributed by atoms with Crippen molar-refractivity contribution < 1.29 is 22.1 Å². The zero-order chi connectivity index (χ0) is 15.0. The number of ether oxygens (including phenoxy) is 1. The van der Waals surface area contributed by atoms with Gasteiger partial charge in [-0.25, -0.2) is 4.79 Å². The number of rotatable bonds is 7. The van der Waals surface area contributed by atoms with E-state index in [1.54, 1.807) is 30.3 Å². The smallest absolute Gasteiger partial charge is 0.330 e. The van der Waals surface area contributed by atoms with Gasteiger partial charge in [0.2, 0.25) is 0 Å². The molecule has 1 aromatic carbocycles. The van der Waals surface area contributed by atoms with Gasteiger partial charge >= 0.3 is 16.1 Å². The van der Waals surface area contributed by atoms with E-state index in [1.807, 2.05) is 6.92 Å². The quantitative estimate of drug-likeness (QED) is 0.439. The summed E-state index contributed by atoms with van der Waals surface area (Å²) in [6.45, 7) is 1.91. The molecule has 1 aromatic rings. The van der Waals surface area contributed by atoms with Crippen LogP contribution in [0.15, 0.2) is 30.3 Å². The van der Waals surface area contributed by atoms with Crippen LogP contribution in [-0.2, 0) is 19.6 Å². The molecule has 0 aliphatic carbocycles. The summed E-state index contributed by atoms with van der Waals surface area (Å²) in [6.07, 6.45) is 4.22. The van der Waals surface area contributed by atoms with Crippen molar-refractivity contribution in [3.05, 3.63) is 35.9 Å². The predicted molar refractivity (Wildman–Crippen MR) is 76.8 cm³/mol. The lowest BCUT2D eigenvalue weighted by atomic mass is 10.2. The van der Waals surface area contributed by atoms with Gasteiger partial charge in [-0.05, 0) is 30.2 Å². The molecule has 0 aromatic heterocycles. The molecule has 0 unspecified atom stereocenters. The van der Waals surface area contributed by atoms with Crippen molar-refractivity contribution in [3.8, 4) is 5.75 Å². The van der Waals surface area contributed by atoms with Crippen molar-refractivity contribution in [2.45, 2.75) is 19.8 Å². The van der Waals surface area contributed by atoms with Crippen LogP contribution in [0.4, 0.5) is 0 Å². The van der Waals surface area contributed by atoms with Gasteiger partial charge in [-0.1, -0.05) is 25.5 Å². The Morgan fingerprint density at radius 3 is 2.45 bits per heavy atom. The molecule has 0 N–H and O–H groups in total. The highest BCUT2D eigenvalue weighted by molar-refractivity contribution is 7.87. The zero-order valence-electron chi connectivity index (χ0n) is 11.5. The van der Waals surface area contributed by atoms with E-state index >= 15 is 0 Å². The van der Waals surface area contributed by atoms with Gasteiger partial charge < -0.3 is 8.92 Å². The third-order valence-electron chi connectivity index (χ3n) is 2.46. The van der Waals surface area contributed by atoms with Crippen LogP contribution in [0.2, 0.25) is 0 Å². The fourth-order valence-corrected chi connectivity index (χ4v) is 2.51. The van der Waals surface area contributed by atoms with E-state index in [2.05, 4.69) is 4.74 Å².